The number of aryl methyl sites for hydroxylation is 2. The molecule has 0 saturated carbocycles. The maximum Gasteiger partial charge on any atom is 0.345 e. The number of rotatable bonds is 48. The molecule has 11 rings (SSSR count). The highest BCUT2D eigenvalue weighted by Crippen LogP contribution is 2.47. The Balaban J connectivity index is 1.15. The summed E-state index contributed by atoms with van der Waals surface area (Å²) < 4.78 is 28.1. The summed E-state index contributed by atoms with van der Waals surface area (Å²) in [6.45, 7) is 15.7. The van der Waals surface area contributed by atoms with E-state index in [-0.39, 0.29) is 4.88 Å². The number of aromatic carboxylic acids is 1. The summed E-state index contributed by atoms with van der Waals surface area (Å²) in [6, 6.07) is 47.0. The van der Waals surface area contributed by atoms with Crippen molar-refractivity contribution in [1.82, 2.24) is 19.9 Å². The summed E-state index contributed by atoms with van der Waals surface area (Å²) >= 11 is 2.84. The van der Waals surface area contributed by atoms with Crippen LogP contribution in [-0.4, -0.2) is 57.4 Å². The molecule has 9 aromatic rings. The highest BCUT2D eigenvalue weighted by molar-refractivity contribution is 7.16. The van der Waals surface area contributed by atoms with Gasteiger partial charge in [0.15, 0.2) is 0 Å². The molecule has 0 radical (unpaired) electrons. The van der Waals surface area contributed by atoms with Gasteiger partial charge in [0.1, 0.15) is 32.9 Å². The lowest BCUT2D eigenvalue weighted by molar-refractivity contribution is 0.0702. The molecule has 7 heterocycles. The van der Waals surface area contributed by atoms with Crippen LogP contribution in [0.5, 0.6) is 23.0 Å². The number of hydrogen-bond acceptors (Lipinski definition) is 10. The van der Waals surface area contributed by atoms with Gasteiger partial charge in [0.25, 0.3) is 0 Å². The first kappa shape index (κ1) is 85.4. The van der Waals surface area contributed by atoms with Crippen molar-refractivity contribution in [3.63, 3.8) is 0 Å². The lowest BCUT2D eigenvalue weighted by Gasteiger charge is -2.24. The van der Waals surface area contributed by atoms with Crippen LogP contribution >= 0.6 is 22.7 Å². The number of benzene rings is 4. The van der Waals surface area contributed by atoms with Crippen LogP contribution in [0.4, 0.5) is 16.4 Å². The zero-order valence-electron chi connectivity index (χ0n) is 69.0. The fraction of sp³-hybridized carbons (Fsp3) is 0.436. The van der Waals surface area contributed by atoms with E-state index in [0.717, 1.165) is 161 Å². The molecule has 13 heteroatoms. The smallest absolute Gasteiger partial charge is 0.345 e. The number of anilines is 3. The maximum atomic E-state index is 12.3. The molecule has 0 unspecified atom stereocenters. The van der Waals surface area contributed by atoms with E-state index in [9.17, 15) is 9.90 Å². The standard InChI is InChI=1S/C101H123N5O6S2/c1-7-13-19-25-29-35-71-109-91-43-39-44-92(110-72-36-30-26-20-14-8-2)99(91)97-87-65-61-83(102-87)81(59-55-79-57-69-95(113-79)101(107)108)84-62-66-88(103-84)98(100-93(111-73-37-31-27-21-15-9-3)45-40-46-94(100)112-74-38-32-28-22-16-10-4)90-68-64-86(105-90)82(85-63-67-89(97)104-85)60-56-80-58-70-96(114-80)106(77-51-47-75(48-52-77)41-33-23-17-11-5)78-53-49-76(50-54-78)42-34-24-18-12-6/h39-40,43-54,57-58,61-70,102,105H,7-38,41-42,71-74H2,1-6H3,(H,107,108). The Morgan fingerprint density at radius 3 is 1.05 bits per heavy atom. The zero-order valence-corrected chi connectivity index (χ0v) is 70.7. The van der Waals surface area contributed by atoms with E-state index in [0.29, 0.717) is 93.7 Å². The number of thiophene rings is 2. The number of aromatic nitrogens is 4. The Kier molecular flexibility index (Phi) is 35.0. The van der Waals surface area contributed by atoms with Crippen molar-refractivity contribution in [1.29, 1.82) is 0 Å². The third-order valence-electron chi connectivity index (χ3n) is 21.5. The van der Waals surface area contributed by atoms with Gasteiger partial charge in [-0.1, -0.05) is 269 Å². The number of aromatic amines is 2. The molecule has 600 valence electrons. The molecule has 0 saturated heterocycles. The van der Waals surface area contributed by atoms with Gasteiger partial charge in [-0.2, -0.15) is 0 Å². The average molecular weight is 1570 g/mol. The lowest BCUT2D eigenvalue weighted by Crippen LogP contribution is -2.08. The molecule has 0 amide bonds. The normalized spacial score (nSPS) is 11.6. The number of carboxylic acids is 1. The average Bonchev–Trinajstić information content (AvgIpc) is 1.59. The van der Waals surface area contributed by atoms with Gasteiger partial charge < -0.3 is 38.9 Å². The maximum absolute atomic E-state index is 12.3. The summed E-state index contributed by atoms with van der Waals surface area (Å²) in [5.74, 6) is 16.4. The van der Waals surface area contributed by atoms with E-state index in [1.165, 1.54) is 140 Å². The fourth-order valence-corrected chi connectivity index (χ4v) is 16.7. The lowest BCUT2D eigenvalue weighted by atomic mass is 10.0. The largest absolute Gasteiger partial charge is 0.493 e. The number of fused-ring (bicyclic) bond motifs is 8. The fourth-order valence-electron chi connectivity index (χ4n) is 15.1. The van der Waals surface area contributed by atoms with E-state index >= 15 is 0 Å². The highest BCUT2D eigenvalue weighted by Gasteiger charge is 2.26. The number of unbranched alkanes of at least 4 members (excludes halogenated alkanes) is 26. The summed E-state index contributed by atoms with van der Waals surface area (Å²) in [6.07, 6.45) is 47.4. The van der Waals surface area contributed by atoms with Crippen molar-refractivity contribution < 1.29 is 28.8 Å². The molecule has 5 aromatic heterocycles. The van der Waals surface area contributed by atoms with Gasteiger partial charge in [0.2, 0.25) is 0 Å². The van der Waals surface area contributed by atoms with Crippen molar-refractivity contribution in [3.8, 4) is 68.9 Å². The Morgan fingerprint density at radius 1 is 0.351 bits per heavy atom. The van der Waals surface area contributed by atoms with Crippen LogP contribution in [0.2, 0.25) is 0 Å². The van der Waals surface area contributed by atoms with Gasteiger partial charge in [0, 0.05) is 33.5 Å². The van der Waals surface area contributed by atoms with E-state index in [2.05, 4.69) is 208 Å². The number of hydrogen-bond donors (Lipinski definition) is 3. The van der Waals surface area contributed by atoms with Gasteiger partial charge in [-0.25, -0.2) is 14.8 Å². The first-order valence-electron chi connectivity index (χ1n) is 43.6. The van der Waals surface area contributed by atoms with Crippen LogP contribution in [0, 0.1) is 23.7 Å². The Morgan fingerprint density at radius 2 is 0.684 bits per heavy atom. The number of H-pyrrole nitrogens is 2. The van der Waals surface area contributed by atoms with E-state index in [1.54, 1.807) is 23.5 Å². The minimum Gasteiger partial charge on any atom is -0.493 e. The van der Waals surface area contributed by atoms with Gasteiger partial charge in [0.05, 0.1) is 92.2 Å². The molecule has 8 bridgehead atoms. The van der Waals surface area contributed by atoms with Crippen LogP contribution in [0.15, 0.2) is 133 Å². The van der Waals surface area contributed by atoms with Crippen LogP contribution in [0.3, 0.4) is 0 Å². The number of ether oxygens (including phenoxy) is 4. The number of nitrogens with one attached hydrogen (secondary N) is 2. The van der Waals surface area contributed by atoms with Gasteiger partial charge in [-0.15, -0.1) is 22.7 Å². The molecule has 0 fully saturated rings. The third-order valence-corrected chi connectivity index (χ3v) is 23.5. The molecule has 4 aromatic carbocycles. The molecular weight excluding hydrogens is 1440 g/mol. The predicted molar refractivity (Wildman–Crippen MR) is 483 cm³/mol. The summed E-state index contributed by atoms with van der Waals surface area (Å²) in [7, 11) is 0. The second-order valence-electron chi connectivity index (χ2n) is 30.6. The number of nitrogens with zero attached hydrogens (tertiary/aromatic N) is 3. The second-order valence-corrected chi connectivity index (χ2v) is 32.8. The Bertz CT molecular complexity index is 4660. The van der Waals surface area contributed by atoms with Crippen molar-refractivity contribution in [2.75, 3.05) is 31.3 Å². The zero-order chi connectivity index (χ0) is 79.3. The first-order chi connectivity index (χ1) is 56.2. The monoisotopic (exact) mass is 1570 g/mol. The van der Waals surface area contributed by atoms with Crippen LogP contribution < -0.4 is 23.8 Å². The van der Waals surface area contributed by atoms with Crippen LogP contribution in [0.25, 0.3) is 68.6 Å². The number of carboxylic acid groups (broad SMARTS) is 1. The molecule has 2 aliphatic heterocycles. The van der Waals surface area contributed by atoms with Crippen molar-refractivity contribution in [2.24, 2.45) is 0 Å². The van der Waals surface area contributed by atoms with Crippen molar-refractivity contribution in [2.45, 2.75) is 260 Å². The van der Waals surface area contributed by atoms with Crippen LogP contribution in [-0.2, 0) is 12.8 Å². The quantitative estimate of drug-likeness (QED) is 0.0252. The van der Waals surface area contributed by atoms with E-state index in [1.807, 2.05) is 18.2 Å². The minimum absolute atomic E-state index is 0.214. The number of carbonyl (C=O) groups is 1. The van der Waals surface area contributed by atoms with Gasteiger partial charge in [-0.3, -0.25) is 0 Å². The van der Waals surface area contributed by atoms with Crippen molar-refractivity contribution >= 4 is 91.4 Å². The Labute approximate surface area is 688 Å². The first-order valence-corrected chi connectivity index (χ1v) is 45.2. The predicted octanol–water partition coefficient (Wildman–Crippen LogP) is 29.3. The summed E-state index contributed by atoms with van der Waals surface area (Å²) in [5, 5.41) is 11.2. The second kappa shape index (κ2) is 46.7. The van der Waals surface area contributed by atoms with Gasteiger partial charge in [-0.05, 0) is 184 Å². The van der Waals surface area contributed by atoms with E-state index in [4.69, 9.17) is 28.9 Å². The third kappa shape index (κ3) is 24.7. The SMILES string of the molecule is CCCCCCCCOc1cccc(OCCCCCCCC)c1-c1c2nc(c(C#Cc3ccc(N(c4ccc(CCCCCC)cc4)c4ccc(CCCCCC)cc4)s3)c3ccc([nH]3)c(-c3c(OCCCCCCCC)cccc3OCCCCCCCC)c3nc(c(C#Cc4ccc(C(=O)O)s4)c4ccc1[nH]4)C=C3)C=C2. The molecule has 114 heavy (non-hydrogen) atoms. The Hall–Kier alpha value is -9.53. The highest BCUT2D eigenvalue weighted by atomic mass is 32.1. The minimum atomic E-state index is -0.992. The topological polar surface area (TPSA) is 135 Å². The van der Waals surface area contributed by atoms with E-state index < -0.39 is 5.97 Å². The molecule has 2 aliphatic rings. The molecular formula is C101H123N5O6S2. The molecule has 0 atom stereocenters. The van der Waals surface area contributed by atoms with Crippen LogP contribution in [0.1, 0.15) is 311 Å². The molecule has 11 nitrogen and oxygen atoms in total. The molecule has 3 N–H and O–H groups in total. The van der Waals surface area contributed by atoms with Gasteiger partial charge >= 0.3 is 5.97 Å². The molecule has 0 aliphatic carbocycles. The summed E-state index contributed by atoms with van der Waals surface area (Å²) in [4.78, 5) is 35.9. The molecule has 0 spiro atoms. The summed E-state index contributed by atoms with van der Waals surface area (Å²) in [5.41, 5.74) is 15.2. The van der Waals surface area contributed by atoms with Crippen molar-refractivity contribution in [3.05, 3.63) is 193 Å².